The minimum absolute atomic E-state index is 0.0331. The second-order valence-electron chi connectivity index (χ2n) is 10.4. The molecule has 0 saturated carbocycles. The number of hydrogen-bond donors (Lipinski definition) is 1. The Labute approximate surface area is 219 Å². The normalized spacial score (nSPS) is 24.7. The van der Waals surface area contributed by atoms with Crippen LogP contribution in [0.3, 0.4) is 0 Å². The lowest BCUT2D eigenvalue weighted by molar-refractivity contribution is 0.357. The lowest BCUT2D eigenvalue weighted by atomic mass is 9.91. The topological polar surface area (TPSA) is 36.3 Å². The molecular weight excluding hydrogens is 474 g/mol. The first-order valence-corrected chi connectivity index (χ1v) is 13.2. The number of aromatic nitrogens is 2. The number of rotatable bonds is 4. The molecule has 2 aromatic heterocycles. The van der Waals surface area contributed by atoms with E-state index in [4.69, 9.17) is 23.8 Å². The summed E-state index contributed by atoms with van der Waals surface area (Å²) in [6.07, 6.45) is 3.11. The fourth-order valence-electron chi connectivity index (χ4n) is 5.89. The third kappa shape index (κ3) is 4.43. The lowest BCUT2D eigenvalue weighted by Crippen LogP contribution is -2.38. The first kappa shape index (κ1) is 24.1. The number of benzene rings is 1. The van der Waals surface area contributed by atoms with Gasteiger partial charge >= 0.3 is 0 Å². The smallest absolute Gasteiger partial charge is 0.174 e. The zero-order valence-electron chi connectivity index (χ0n) is 21.1. The quantitative estimate of drug-likeness (QED) is 0.416. The van der Waals surface area contributed by atoms with Gasteiger partial charge in [-0.1, -0.05) is 31.5 Å². The molecule has 0 amide bonds. The van der Waals surface area contributed by atoms with Gasteiger partial charge in [-0.2, -0.15) is 0 Å². The summed E-state index contributed by atoms with van der Waals surface area (Å²) in [5, 5.41) is 5.03. The van der Waals surface area contributed by atoms with Gasteiger partial charge in [0.05, 0.1) is 28.5 Å². The highest BCUT2D eigenvalue weighted by Crippen LogP contribution is 2.44. The summed E-state index contributed by atoms with van der Waals surface area (Å²) in [7, 11) is 2.11. The van der Waals surface area contributed by atoms with Gasteiger partial charge in [0.2, 0.25) is 0 Å². The minimum atomic E-state index is -0.0635. The Kier molecular flexibility index (Phi) is 6.53. The Morgan fingerprint density at radius 3 is 2.40 bits per heavy atom. The van der Waals surface area contributed by atoms with Gasteiger partial charge in [0.15, 0.2) is 5.11 Å². The van der Waals surface area contributed by atoms with Crippen LogP contribution in [-0.4, -0.2) is 27.8 Å². The predicted molar refractivity (Wildman–Crippen MR) is 149 cm³/mol. The van der Waals surface area contributed by atoms with Gasteiger partial charge in [-0.3, -0.25) is 4.98 Å². The molecule has 0 spiro atoms. The number of pyridine rings is 1. The van der Waals surface area contributed by atoms with E-state index in [9.17, 15) is 0 Å². The van der Waals surface area contributed by atoms with Crippen LogP contribution in [-0.2, 0) is 7.05 Å². The Balaban J connectivity index is 1.56. The lowest BCUT2D eigenvalue weighted by Gasteiger charge is -2.37. The highest BCUT2D eigenvalue weighted by atomic mass is 35.5. The fraction of sp³-hybridized carbons (Fsp3) is 0.429. The van der Waals surface area contributed by atoms with E-state index in [1.165, 1.54) is 23.4 Å². The Morgan fingerprint density at radius 1 is 1.06 bits per heavy atom. The van der Waals surface area contributed by atoms with Crippen molar-refractivity contribution in [2.45, 2.75) is 46.2 Å². The van der Waals surface area contributed by atoms with Gasteiger partial charge < -0.3 is 19.7 Å². The third-order valence-electron chi connectivity index (χ3n) is 7.65. The number of halogens is 1. The average Bonchev–Trinajstić information content (AvgIpc) is 3.29. The van der Waals surface area contributed by atoms with Gasteiger partial charge in [0.1, 0.15) is 0 Å². The van der Waals surface area contributed by atoms with E-state index >= 15 is 0 Å². The molecule has 184 valence electrons. The van der Waals surface area contributed by atoms with Crippen LogP contribution in [0.2, 0.25) is 5.02 Å². The van der Waals surface area contributed by atoms with Crippen LogP contribution in [0, 0.1) is 25.7 Å². The molecule has 2 aliphatic heterocycles. The monoisotopic (exact) mass is 507 g/mol. The largest absolute Gasteiger partial charge is 0.370 e. The van der Waals surface area contributed by atoms with Crippen LogP contribution in [0.25, 0.3) is 0 Å². The molecular formula is C28H34ClN5S. The summed E-state index contributed by atoms with van der Waals surface area (Å²) >= 11 is 12.9. The molecule has 35 heavy (non-hydrogen) atoms. The van der Waals surface area contributed by atoms with Gasteiger partial charge in [0.25, 0.3) is 0 Å². The summed E-state index contributed by atoms with van der Waals surface area (Å²) in [5.74, 6) is 1.33. The summed E-state index contributed by atoms with van der Waals surface area (Å²) in [6.45, 7) is 11.0. The summed E-state index contributed by atoms with van der Waals surface area (Å²) < 4.78 is 2.24. The Morgan fingerprint density at radius 2 is 1.80 bits per heavy atom. The maximum atomic E-state index is 6.94. The van der Waals surface area contributed by atoms with E-state index < -0.39 is 0 Å². The highest BCUT2D eigenvalue weighted by molar-refractivity contribution is 7.80. The zero-order chi connectivity index (χ0) is 24.9. The number of aryl methyl sites for hydroxylation is 1. The molecule has 0 bridgehead atoms. The first-order valence-electron chi connectivity index (χ1n) is 12.4. The molecule has 3 aromatic rings. The van der Waals surface area contributed by atoms with Crippen LogP contribution >= 0.6 is 23.8 Å². The second kappa shape index (κ2) is 9.47. The SMILES string of the molecule is Cc1cc([C@@H]2[C@H](c3ccccn3)NC(=S)N2c2ccc(N3C[C@H](C)C[C@@H](C)C3)c(Cl)c2)c(C)n1C. The van der Waals surface area contributed by atoms with E-state index in [-0.39, 0.29) is 12.1 Å². The van der Waals surface area contributed by atoms with Crippen LogP contribution in [0.5, 0.6) is 0 Å². The number of hydrogen-bond acceptors (Lipinski definition) is 3. The highest BCUT2D eigenvalue weighted by Gasteiger charge is 2.42. The molecule has 2 fully saturated rings. The van der Waals surface area contributed by atoms with Crippen LogP contribution in [0.15, 0.2) is 48.7 Å². The molecule has 0 aliphatic carbocycles. The fourth-order valence-corrected chi connectivity index (χ4v) is 6.53. The molecule has 4 atom stereocenters. The van der Waals surface area contributed by atoms with Crippen molar-refractivity contribution in [3.05, 3.63) is 76.3 Å². The minimum Gasteiger partial charge on any atom is -0.370 e. The number of anilines is 2. The summed E-state index contributed by atoms with van der Waals surface area (Å²) in [4.78, 5) is 9.33. The molecule has 0 unspecified atom stereocenters. The predicted octanol–water partition coefficient (Wildman–Crippen LogP) is 6.35. The van der Waals surface area contributed by atoms with Crippen molar-refractivity contribution in [2.24, 2.45) is 18.9 Å². The van der Waals surface area contributed by atoms with Gasteiger partial charge in [-0.25, -0.2) is 0 Å². The standard InChI is InChI=1S/C28H34ClN5S/c1-17-12-18(2)16-33(15-17)25-10-9-21(14-23(25)29)34-27(22-13-19(3)32(5)20(22)4)26(31-28(34)35)24-8-6-7-11-30-24/h6-11,13-14,17-18,26-27H,12,15-16H2,1-5H3,(H,31,35)/t17-,18-,26+,27-/m1/s1. The van der Waals surface area contributed by atoms with Crippen LogP contribution in [0.1, 0.15) is 55.0 Å². The second-order valence-corrected chi connectivity index (χ2v) is 11.2. The van der Waals surface area contributed by atoms with Crippen molar-refractivity contribution in [1.29, 1.82) is 0 Å². The zero-order valence-corrected chi connectivity index (χ0v) is 22.7. The molecule has 2 aliphatic rings. The Bertz CT molecular complexity index is 1230. The maximum Gasteiger partial charge on any atom is 0.174 e. The number of nitrogens with one attached hydrogen (secondary N) is 1. The molecule has 1 aromatic carbocycles. The van der Waals surface area contributed by atoms with Crippen molar-refractivity contribution in [3.8, 4) is 0 Å². The maximum absolute atomic E-state index is 6.94. The molecule has 1 N–H and O–H groups in total. The van der Waals surface area contributed by atoms with Crippen molar-refractivity contribution >= 4 is 40.3 Å². The molecule has 5 nitrogen and oxygen atoms in total. The van der Waals surface area contributed by atoms with Gasteiger partial charge in [-0.15, -0.1) is 0 Å². The molecule has 4 heterocycles. The van der Waals surface area contributed by atoms with E-state index in [1.807, 2.05) is 18.3 Å². The van der Waals surface area contributed by atoms with Crippen molar-refractivity contribution in [2.75, 3.05) is 22.9 Å². The molecule has 7 heteroatoms. The van der Waals surface area contributed by atoms with E-state index in [2.05, 4.69) is 89.7 Å². The van der Waals surface area contributed by atoms with Gasteiger partial charge in [-0.05, 0) is 86.3 Å². The van der Waals surface area contributed by atoms with Crippen molar-refractivity contribution in [1.82, 2.24) is 14.9 Å². The van der Waals surface area contributed by atoms with Crippen LogP contribution < -0.4 is 15.1 Å². The third-order valence-corrected chi connectivity index (χ3v) is 8.27. The number of nitrogens with zero attached hydrogens (tertiary/aromatic N) is 4. The summed E-state index contributed by atoms with van der Waals surface area (Å²) in [6, 6.07) is 14.6. The first-order chi connectivity index (χ1) is 16.7. The van der Waals surface area contributed by atoms with Gasteiger partial charge in [0, 0.05) is 43.4 Å². The van der Waals surface area contributed by atoms with Crippen molar-refractivity contribution < 1.29 is 0 Å². The van der Waals surface area contributed by atoms with E-state index in [0.29, 0.717) is 16.9 Å². The van der Waals surface area contributed by atoms with Crippen LogP contribution in [0.4, 0.5) is 11.4 Å². The number of piperidine rings is 1. The van der Waals surface area contributed by atoms with E-state index in [1.54, 1.807) is 0 Å². The van der Waals surface area contributed by atoms with E-state index in [0.717, 1.165) is 35.2 Å². The average molecular weight is 508 g/mol. The summed E-state index contributed by atoms with van der Waals surface area (Å²) in [5.41, 5.74) is 6.77. The molecule has 0 radical (unpaired) electrons. The molecule has 5 rings (SSSR count). The Hall–Kier alpha value is -2.57. The van der Waals surface area contributed by atoms with Crippen molar-refractivity contribution in [3.63, 3.8) is 0 Å². The molecule has 2 saturated heterocycles. The number of thiocarbonyl (C=S) groups is 1.